The number of piperidine rings is 1. The molecule has 26 heavy (non-hydrogen) atoms. The van der Waals surface area contributed by atoms with Crippen molar-refractivity contribution in [1.29, 1.82) is 0 Å². The van der Waals surface area contributed by atoms with Gasteiger partial charge in [0, 0.05) is 51.4 Å². The Morgan fingerprint density at radius 2 is 1.77 bits per heavy atom. The molecule has 2 fully saturated rings. The van der Waals surface area contributed by atoms with Crippen molar-refractivity contribution >= 4 is 39.8 Å². The van der Waals surface area contributed by atoms with Gasteiger partial charge < -0.3 is 15.5 Å². The maximum absolute atomic E-state index is 11.5. The predicted octanol–water partition coefficient (Wildman–Crippen LogP) is 0.763. The predicted molar refractivity (Wildman–Crippen MR) is 119 cm³/mol. The van der Waals surface area contributed by atoms with E-state index in [4.69, 9.17) is 0 Å². The first-order chi connectivity index (χ1) is 11.9. The average molecular weight is 501 g/mol. The van der Waals surface area contributed by atoms with Crippen LogP contribution in [0.3, 0.4) is 0 Å². The van der Waals surface area contributed by atoms with Gasteiger partial charge in [-0.2, -0.15) is 0 Å². The van der Waals surface area contributed by atoms with Gasteiger partial charge in [0.1, 0.15) is 0 Å². The second-order valence-corrected chi connectivity index (χ2v) is 9.61. The first-order valence-electron chi connectivity index (χ1n) is 9.61. The van der Waals surface area contributed by atoms with E-state index in [1.165, 1.54) is 0 Å². The fraction of sp³-hybridized carbons (Fsp3) is 0.941. The lowest BCUT2D eigenvalue weighted by Gasteiger charge is -2.35. The zero-order valence-corrected chi connectivity index (χ0v) is 19.6. The number of hydrogen-bond donors (Lipinski definition) is 2. The number of sulfone groups is 1. The summed E-state index contributed by atoms with van der Waals surface area (Å²) in [5.74, 6) is 1.45. The van der Waals surface area contributed by atoms with Gasteiger partial charge in [-0.05, 0) is 33.6 Å². The molecule has 154 valence electrons. The van der Waals surface area contributed by atoms with Crippen molar-refractivity contribution in [3.05, 3.63) is 0 Å². The van der Waals surface area contributed by atoms with Gasteiger partial charge in [-0.15, -0.1) is 24.0 Å². The zero-order valence-electron chi connectivity index (χ0n) is 16.4. The third-order valence-electron chi connectivity index (χ3n) is 5.07. The number of aliphatic imine (C=N–C) groups is 1. The fourth-order valence-corrected chi connectivity index (χ4v) is 4.63. The highest BCUT2D eigenvalue weighted by atomic mass is 127. The summed E-state index contributed by atoms with van der Waals surface area (Å²) in [5, 5.41) is 6.89. The number of nitrogens with zero attached hydrogens (tertiary/aromatic N) is 3. The van der Waals surface area contributed by atoms with E-state index in [9.17, 15) is 8.42 Å². The monoisotopic (exact) mass is 501 g/mol. The molecule has 0 spiro atoms. The standard InChI is InChI=1S/C17H35N5O2S.HI/c1-4-18-17(20-16-5-8-22(9-6-16)15(2)3)19-7-10-21-11-13-25(23,24)14-12-21;/h15-16H,4-14H2,1-3H3,(H2,18,19,20);1H. The van der Waals surface area contributed by atoms with Crippen molar-refractivity contribution in [3.63, 3.8) is 0 Å². The molecular formula is C17H36IN5O2S. The molecule has 2 saturated heterocycles. The quantitative estimate of drug-likeness (QED) is 0.318. The highest BCUT2D eigenvalue weighted by Crippen LogP contribution is 2.12. The molecule has 0 radical (unpaired) electrons. The number of rotatable bonds is 6. The van der Waals surface area contributed by atoms with Gasteiger partial charge in [-0.1, -0.05) is 0 Å². The van der Waals surface area contributed by atoms with Gasteiger partial charge in [0.25, 0.3) is 0 Å². The zero-order chi connectivity index (χ0) is 18.3. The molecule has 0 saturated carbocycles. The summed E-state index contributed by atoms with van der Waals surface area (Å²) < 4.78 is 22.9. The van der Waals surface area contributed by atoms with Crippen molar-refractivity contribution < 1.29 is 8.42 Å². The van der Waals surface area contributed by atoms with Crippen molar-refractivity contribution in [1.82, 2.24) is 20.4 Å². The van der Waals surface area contributed by atoms with Crippen LogP contribution in [0, 0.1) is 0 Å². The summed E-state index contributed by atoms with van der Waals surface area (Å²) in [6, 6.07) is 1.10. The Morgan fingerprint density at radius 1 is 1.15 bits per heavy atom. The van der Waals surface area contributed by atoms with E-state index in [1.807, 2.05) is 0 Å². The van der Waals surface area contributed by atoms with Crippen LogP contribution in [0.25, 0.3) is 0 Å². The maximum Gasteiger partial charge on any atom is 0.191 e. The summed E-state index contributed by atoms with van der Waals surface area (Å²) >= 11 is 0. The number of halogens is 1. The maximum atomic E-state index is 11.5. The van der Waals surface area contributed by atoms with E-state index in [0.717, 1.165) is 45.0 Å². The van der Waals surface area contributed by atoms with Crippen LogP contribution in [-0.4, -0.2) is 93.6 Å². The van der Waals surface area contributed by atoms with Crippen LogP contribution in [0.15, 0.2) is 4.99 Å². The molecule has 0 aromatic heterocycles. The highest BCUT2D eigenvalue weighted by molar-refractivity contribution is 14.0. The Hall–Kier alpha value is -0.130. The second kappa shape index (κ2) is 11.7. The minimum absolute atomic E-state index is 0. The normalized spacial score (nSPS) is 22.8. The summed E-state index contributed by atoms with van der Waals surface area (Å²) in [6.07, 6.45) is 2.29. The van der Waals surface area contributed by atoms with Crippen molar-refractivity contribution in [2.45, 2.75) is 45.7 Å². The molecule has 0 aliphatic carbocycles. The van der Waals surface area contributed by atoms with E-state index in [0.29, 0.717) is 31.7 Å². The molecule has 0 aromatic carbocycles. The number of nitrogens with one attached hydrogen (secondary N) is 2. The van der Waals surface area contributed by atoms with Gasteiger partial charge in [0.15, 0.2) is 15.8 Å². The van der Waals surface area contributed by atoms with Crippen molar-refractivity contribution in [2.24, 2.45) is 4.99 Å². The Labute approximate surface area is 176 Å². The van der Waals surface area contributed by atoms with Crippen LogP contribution >= 0.6 is 24.0 Å². The van der Waals surface area contributed by atoms with E-state index >= 15 is 0 Å². The second-order valence-electron chi connectivity index (χ2n) is 7.30. The molecule has 2 rings (SSSR count). The van der Waals surface area contributed by atoms with Crippen molar-refractivity contribution in [3.8, 4) is 0 Å². The first kappa shape index (κ1) is 23.9. The molecule has 0 amide bonds. The Kier molecular flexibility index (Phi) is 10.7. The van der Waals surface area contributed by atoms with Crippen LogP contribution in [-0.2, 0) is 9.84 Å². The largest absolute Gasteiger partial charge is 0.357 e. The lowest BCUT2D eigenvalue weighted by atomic mass is 10.0. The Bertz CT molecular complexity index is 519. The SMILES string of the molecule is CCNC(=NCCN1CCS(=O)(=O)CC1)NC1CCN(C(C)C)CC1.I. The van der Waals surface area contributed by atoms with Gasteiger partial charge in [-0.3, -0.25) is 9.89 Å². The first-order valence-corrected chi connectivity index (χ1v) is 11.4. The number of likely N-dealkylation sites (tertiary alicyclic amines) is 1. The lowest BCUT2D eigenvalue weighted by Crippen LogP contribution is -2.50. The Balaban J connectivity index is 0.00000338. The number of guanidine groups is 1. The fourth-order valence-electron chi connectivity index (χ4n) is 3.35. The summed E-state index contributed by atoms with van der Waals surface area (Å²) in [7, 11) is -2.80. The molecule has 2 aliphatic rings. The molecule has 2 N–H and O–H groups in total. The average Bonchev–Trinajstić information content (AvgIpc) is 2.57. The van der Waals surface area contributed by atoms with Crippen LogP contribution in [0.4, 0.5) is 0 Å². The minimum atomic E-state index is -2.80. The highest BCUT2D eigenvalue weighted by Gasteiger charge is 2.22. The van der Waals surface area contributed by atoms with Crippen LogP contribution in [0.5, 0.6) is 0 Å². The summed E-state index contributed by atoms with van der Waals surface area (Å²) in [5.41, 5.74) is 0. The third kappa shape index (κ3) is 8.26. The smallest absolute Gasteiger partial charge is 0.191 e. The number of hydrogen-bond acceptors (Lipinski definition) is 5. The van der Waals surface area contributed by atoms with Crippen LogP contribution in [0.2, 0.25) is 0 Å². The van der Waals surface area contributed by atoms with E-state index < -0.39 is 9.84 Å². The van der Waals surface area contributed by atoms with E-state index in [1.54, 1.807) is 0 Å². The summed E-state index contributed by atoms with van der Waals surface area (Å²) in [6.45, 7) is 12.5. The third-order valence-corrected chi connectivity index (χ3v) is 6.68. The van der Waals surface area contributed by atoms with Gasteiger partial charge >= 0.3 is 0 Å². The van der Waals surface area contributed by atoms with Gasteiger partial charge in [0.05, 0.1) is 18.1 Å². The molecule has 0 atom stereocenters. The molecule has 2 aliphatic heterocycles. The van der Waals surface area contributed by atoms with E-state index in [-0.39, 0.29) is 35.5 Å². The lowest BCUT2D eigenvalue weighted by molar-refractivity contribution is 0.167. The van der Waals surface area contributed by atoms with E-state index in [2.05, 4.69) is 46.2 Å². The molecule has 0 unspecified atom stereocenters. The molecule has 7 nitrogen and oxygen atoms in total. The van der Waals surface area contributed by atoms with Crippen LogP contribution < -0.4 is 10.6 Å². The molecular weight excluding hydrogens is 465 g/mol. The minimum Gasteiger partial charge on any atom is -0.357 e. The molecule has 0 bridgehead atoms. The topological polar surface area (TPSA) is 77.0 Å². The Morgan fingerprint density at radius 3 is 2.31 bits per heavy atom. The van der Waals surface area contributed by atoms with Crippen LogP contribution in [0.1, 0.15) is 33.6 Å². The van der Waals surface area contributed by atoms with Crippen molar-refractivity contribution in [2.75, 3.05) is 57.3 Å². The molecule has 2 heterocycles. The van der Waals surface area contributed by atoms with Gasteiger partial charge in [0.2, 0.25) is 0 Å². The molecule has 0 aromatic rings. The van der Waals surface area contributed by atoms with Gasteiger partial charge in [-0.25, -0.2) is 8.42 Å². The summed E-state index contributed by atoms with van der Waals surface area (Å²) in [4.78, 5) is 9.39. The molecule has 9 heteroatoms.